The summed E-state index contributed by atoms with van der Waals surface area (Å²) >= 11 is 3.73. The number of hydrogen-bond acceptors (Lipinski definition) is 8. The number of allylic oxidation sites excluding steroid dienone is 4. The maximum absolute atomic E-state index is 6.43. The number of nitrogens with zero attached hydrogens (tertiary/aromatic N) is 4. The SMILES string of the molecule is C=C/C=C\C=C\c1cc(-c2nc(-c3ccc4c(c3)oc3ccccc34)nc(-c3ccc4c(c3)oc3ccccc34)n2)cc(-c2ccccc2)c1N(c1ccccc1)c1ccc2c(c1)sc1c2ccc2sc3ccccc3c21. The molecule has 10 aromatic carbocycles. The molecule has 0 aliphatic carbocycles. The first kappa shape index (κ1) is 44.7. The van der Waals surface area contributed by atoms with Gasteiger partial charge in [-0.15, -0.1) is 22.7 Å². The first-order chi connectivity index (χ1) is 38.1. The molecule has 0 bridgehead atoms. The number of fused-ring (bicyclic) bond motifs is 13. The second-order valence-corrected chi connectivity index (χ2v) is 21.2. The van der Waals surface area contributed by atoms with Gasteiger partial charge >= 0.3 is 0 Å². The van der Waals surface area contributed by atoms with Gasteiger partial charge in [0, 0.05) is 95.5 Å². The summed E-state index contributed by atoms with van der Waals surface area (Å²) in [4.78, 5) is 18.4. The minimum atomic E-state index is 0.517. The Hall–Kier alpha value is -9.73. The summed E-state index contributed by atoms with van der Waals surface area (Å²) in [7, 11) is 0. The second-order valence-electron chi connectivity index (χ2n) is 19.1. The number of benzene rings is 10. The number of thiophene rings is 2. The van der Waals surface area contributed by atoms with Gasteiger partial charge in [-0.3, -0.25) is 0 Å². The van der Waals surface area contributed by atoms with Crippen LogP contribution in [0, 0.1) is 0 Å². The van der Waals surface area contributed by atoms with Crippen molar-refractivity contribution in [2.24, 2.45) is 0 Å². The van der Waals surface area contributed by atoms with Crippen LogP contribution in [0.4, 0.5) is 17.1 Å². The van der Waals surface area contributed by atoms with Crippen LogP contribution in [0.25, 0.3) is 136 Å². The van der Waals surface area contributed by atoms with Gasteiger partial charge in [0.1, 0.15) is 22.3 Å². The normalized spacial score (nSPS) is 12.1. The van der Waals surface area contributed by atoms with Gasteiger partial charge in [0.15, 0.2) is 17.5 Å². The van der Waals surface area contributed by atoms with Gasteiger partial charge in [-0.05, 0) is 96.1 Å². The fourth-order valence-corrected chi connectivity index (χ4v) is 13.4. The zero-order valence-corrected chi connectivity index (χ0v) is 42.9. The summed E-state index contributed by atoms with van der Waals surface area (Å²) in [6, 6.07) is 74.7. The molecule has 0 fully saturated rings. The third kappa shape index (κ3) is 7.64. The predicted molar refractivity (Wildman–Crippen MR) is 325 cm³/mol. The summed E-state index contributed by atoms with van der Waals surface area (Å²) < 4.78 is 18.0. The Morgan fingerprint density at radius 3 is 1.66 bits per heavy atom. The lowest BCUT2D eigenvalue weighted by Crippen LogP contribution is -2.13. The number of hydrogen-bond donors (Lipinski definition) is 0. The van der Waals surface area contributed by atoms with Crippen LogP contribution >= 0.6 is 22.7 Å². The van der Waals surface area contributed by atoms with Gasteiger partial charge in [0.2, 0.25) is 0 Å². The van der Waals surface area contributed by atoms with Crippen LogP contribution in [0.3, 0.4) is 0 Å². The molecule has 15 rings (SSSR count). The molecule has 0 saturated carbocycles. The Bertz CT molecular complexity index is 4780. The minimum Gasteiger partial charge on any atom is -0.456 e. The zero-order valence-electron chi connectivity index (χ0n) is 41.2. The number of anilines is 3. The van der Waals surface area contributed by atoms with Crippen molar-refractivity contribution in [2.45, 2.75) is 0 Å². The van der Waals surface area contributed by atoms with Gasteiger partial charge in [-0.2, -0.15) is 0 Å². The Kier molecular flexibility index (Phi) is 10.6. The van der Waals surface area contributed by atoms with E-state index in [1.54, 1.807) is 6.08 Å². The molecule has 6 nitrogen and oxygen atoms in total. The van der Waals surface area contributed by atoms with E-state index >= 15 is 0 Å². The third-order valence-electron chi connectivity index (χ3n) is 14.5. The van der Waals surface area contributed by atoms with Crippen molar-refractivity contribution < 1.29 is 8.83 Å². The Morgan fingerprint density at radius 2 is 0.974 bits per heavy atom. The highest BCUT2D eigenvalue weighted by Gasteiger charge is 2.25. The molecule has 77 heavy (non-hydrogen) atoms. The molecule has 0 unspecified atom stereocenters. The van der Waals surface area contributed by atoms with Crippen LogP contribution in [-0.2, 0) is 0 Å². The highest BCUT2D eigenvalue weighted by molar-refractivity contribution is 7.29. The van der Waals surface area contributed by atoms with Gasteiger partial charge in [-0.1, -0.05) is 164 Å². The van der Waals surface area contributed by atoms with Gasteiger partial charge in [0.05, 0.1) is 5.69 Å². The fourth-order valence-electron chi connectivity index (χ4n) is 11.0. The van der Waals surface area contributed by atoms with Crippen molar-refractivity contribution in [2.75, 3.05) is 4.90 Å². The molecule has 5 heterocycles. The topological polar surface area (TPSA) is 68.2 Å². The first-order valence-corrected chi connectivity index (χ1v) is 27.1. The molecular formula is C69H42N4O2S2. The van der Waals surface area contributed by atoms with E-state index in [-0.39, 0.29) is 0 Å². The lowest BCUT2D eigenvalue weighted by molar-refractivity contribution is 0.668. The van der Waals surface area contributed by atoms with Crippen LogP contribution in [0.2, 0.25) is 0 Å². The molecule has 0 atom stereocenters. The lowest BCUT2D eigenvalue weighted by atomic mass is 9.94. The van der Waals surface area contributed by atoms with Crippen LogP contribution in [0.15, 0.2) is 252 Å². The summed E-state index contributed by atoms with van der Waals surface area (Å²) in [5.41, 5.74) is 11.7. The van der Waals surface area contributed by atoms with Crippen LogP contribution < -0.4 is 4.90 Å². The highest BCUT2D eigenvalue weighted by atomic mass is 32.1. The van der Waals surface area contributed by atoms with Crippen molar-refractivity contribution in [1.29, 1.82) is 0 Å². The molecule has 15 aromatic rings. The molecule has 0 aliphatic heterocycles. The predicted octanol–water partition coefficient (Wildman–Crippen LogP) is 20.3. The van der Waals surface area contributed by atoms with Gasteiger partial charge < -0.3 is 13.7 Å². The van der Waals surface area contributed by atoms with E-state index in [1.807, 2.05) is 83.4 Å². The zero-order chi connectivity index (χ0) is 51.0. The fraction of sp³-hybridized carbons (Fsp3) is 0. The quantitative estimate of drug-likeness (QED) is 0.127. The van der Waals surface area contributed by atoms with Crippen molar-refractivity contribution in [3.05, 3.63) is 249 Å². The van der Waals surface area contributed by atoms with Gasteiger partial charge in [0.25, 0.3) is 0 Å². The lowest BCUT2D eigenvalue weighted by Gasteiger charge is -2.30. The molecule has 0 spiro atoms. The monoisotopic (exact) mass is 1020 g/mol. The Balaban J connectivity index is 0.969. The van der Waals surface area contributed by atoms with E-state index in [1.165, 1.54) is 40.3 Å². The summed E-state index contributed by atoms with van der Waals surface area (Å²) in [6.45, 7) is 3.97. The van der Waals surface area contributed by atoms with E-state index < -0.39 is 0 Å². The Morgan fingerprint density at radius 1 is 0.390 bits per heavy atom. The molecule has 8 heteroatoms. The average molecular weight is 1020 g/mol. The molecule has 0 N–H and O–H groups in total. The summed E-state index contributed by atoms with van der Waals surface area (Å²) in [5.74, 6) is 1.55. The molecule has 0 radical (unpaired) electrons. The molecular weight excluding hydrogens is 981 g/mol. The summed E-state index contributed by atoms with van der Waals surface area (Å²) in [6.07, 6.45) is 9.99. The van der Waals surface area contributed by atoms with Crippen LogP contribution in [-0.4, -0.2) is 15.0 Å². The number of aromatic nitrogens is 3. The average Bonchev–Trinajstić information content (AvgIpc) is 4.35. The van der Waals surface area contributed by atoms with Crippen molar-refractivity contribution in [3.63, 3.8) is 0 Å². The van der Waals surface area contributed by atoms with E-state index in [0.717, 1.165) is 94.3 Å². The van der Waals surface area contributed by atoms with E-state index in [9.17, 15) is 0 Å². The Labute approximate surface area is 450 Å². The molecule has 362 valence electrons. The number of rotatable bonds is 10. The first-order valence-electron chi connectivity index (χ1n) is 25.5. The molecule has 0 saturated heterocycles. The van der Waals surface area contributed by atoms with Crippen molar-refractivity contribution in [3.8, 4) is 45.3 Å². The maximum atomic E-state index is 6.43. The molecule has 0 amide bonds. The third-order valence-corrected chi connectivity index (χ3v) is 16.8. The van der Waals surface area contributed by atoms with E-state index in [0.29, 0.717) is 17.5 Å². The van der Waals surface area contributed by atoms with Crippen LogP contribution in [0.5, 0.6) is 0 Å². The molecule has 0 aliphatic rings. The summed E-state index contributed by atoms with van der Waals surface area (Å²) in [5, 5.41) is 9.34. The van der Waals surface area contributed by atoms with Crippen LogP contribution in [0.1, 0.15) is 5.56 Å². The van der Waals surface area contributed by atoms with Gasteiger partial charge in [-0.25, -0.2) is 15.0 Å². The standard InChI is InChI=1S/C69H42N4O2S2/c1-2-3-4-7-20-43-37-46(69-71-67(44-29-32-51-49-23-12-15-26-57(49)74-59(51)39-44)70-68(72-69)45-30-33-52-50-24-13-16-27-58(50)75-60(52)40-45)38-56(42-18-8-5-9-19-42)65(43)73(47-21-10-6-11-22-47)48-31-34-53-54-35-36-62-64(66(54)77-63(53)41-48)55-25-14-17-28-61(55)76-62/h2-41H,1H2/b4-3-,20-7+. The smallest absolute Gasteiger partial charge is 0.164 e. The number of para-hydroxylation sites is 3. The molecule has 5 aromatic heterocycles. The van der Waals surface area contributed by atoms with Crippen molar-refractivity contribution in [1.82, 2.24) is 15.0 Å². The highest BCUT2D eigenvalue weighted by Crippen LogP contribution is 2.49. The number of furan rings is 2. The van der Waals surface area contributed by atoms with E-state index in [4.69, 9.17) is 23.8 Å². The van der Waals surface area contributed by atoms with E-state index in [2.05, 4.69) is 187 Å². The second kappa shape index (κ2) is 18.3. The largest absolute Gasteiger partial charge is 0.456 e. The maximum Gasteiger partial charge on any atom is 0.164 e. The van der Waals surface area contributed by atoms with Crippen molar-refractivity contribution >= 4 is 130 Å². The minimum absolute atomic E-state index is 0.517.